The molecule has 0 aliphatic heterocycles. The third-order valence-corrected chi connectivity index (χ3v) is 5.01. The molecule has 2 aromatic carbocycles. The molecule has 5 aromatic rings. The highest BCUT2D eigenvalue weighted by molar-refractivity contribution is 6.00. The Morgan fingerprint density at radius 2 is 1.67 bits per heavy atom. The zero-order chi connectivity index (χ0) is 20.7. The summed E-state index contributed by atoms with van der Waals surface area (Å²) in [6.07, 6.45) is 3.07. The SMILES string of the molecule is Cc1nn2c(ncc3c(=O)n(NC(=O)c4ccccc4)ccc32)c1-c1ccccc1. The Morgan fingerprint density at radius 1 is 0.967 bits per heavy atom. The molecule has 1 N–H and O–H groups in total. The number of amides is 1. The molecule has 7 heteroatoms. The molecule has 146 valence electrons. The van der Waals surface area contributed by atoms with Crippen LogP contribution in [0.25, 0.3) is 27.7 Å². The smallest absolute Gasteiger partial charge is 0.267 e. The van der Waals surface area contributed by atoms with Gasteiger partial charge in [0.25, 0.3) is 11.5 Å². The second kappa shape index (κ2) is 6.97. The summed E-state index contributed by atoms with van der Waals surface area (Å²) >= 11 is 0. The molecular weight excluding hydrogens is 378 g/mol. The predicted octanol–water partition coefficient (Wildman–Crippen LogP) is 3.40. The fourth-order valence-electron chi connectivity index (χ4n) is 3.57. The lowest BCUT2D eigenvalue weighted by molar-refractivity contribution is 0.101. The first kappa shape index (κ1) is 17.8. The molecular formula is C23H17N5O2. The largest absolute Gasteiger partial charge is 0.280 e. The van der Waals surface area contributed by atoms with Gasteiger partial charge in [0.05, 0.1) is 16.6 Å². The highest BCUT2D eigenvalue weighted by atomic mass is 16.2. The van der Waals surface area contributed by atoms with Gasteiger partial charge in [0, 0.05) is 23.5 Å². The van der Waals surface area contributed by atoms with Gasteiger partial charge in [-0.25, -0.2) is 14.2 Å². The van der Waals surface area contributed by atoms with Crippen molar-refractivity contribution in [3.8, 4) is 11.1 Å². The Bertz CT molecular complexity index is 1450. The molecule has 30 heavy (non-hydrogen) atoms. The predicted molar refractivity (Wildman–Crippen MR) is 115 cm³/mol. The van der Waals surface area contributed by atoms with Gasteiger partial charge in [0.2, 0.25) is 0 Å². The Kier molecular flexibility index (Phi) is 4.14. The molecule has 1 amide bonds. The Morgan fingerprint density at radius 3 is 2.40 bits per heavy atom. The Hall–Kier alpha value is -4.26. The maximum absolute atomic E-state index is 13.0. The first-order valence-electron chi connectivity index (χ1n) is 9.45. The lowest BCUT2D eigenvalue weighted by Crippen LogP contribution is -2.32. The molecule has 3 heterocycles. The van der Waals surface area contributed by atoms with Gasteiger partial charge in [0.15, 0.2) is 5.65 Å². The van der Waals surface area contributed by atoms with Gasteiger partial charge >= 0.3 is 0 Å². The summed E-state index contributed by atoms with van der Waals surface area (Å²) in [4.78, 5) is 29.9. The summed E-state index contributed by atoms with van der Waals surface area (Å²) in [5, 5.41) is 4.98. The van der Waals surface area contributed by atoms with E-state index < -0.39 is 0 Å². The quantitative estimate of drug-likeness (QED) is 0.508. The zero-order valence-electron chi connectivity index (χ0n) is 16.1. The molecule has 7 nitrogen and oxygen atoms in total. The highest BCUT2D eigenvalue weighted by Crippen LogP contribution is 2.28. The van der Waals surface area contributed by atoms with Gasteiger partial charge in [-0.05, 0) is 30.7 Å². The zero-order valence-corrected chi connectivity index (χ0v) is 16.1. The van der Waals surface area contributed by atoms with Crippen LogP contribution in [0.5, 0.6) is 0 Å². The van der Waals surface area contributed by atoms with E-state index in [1.165, 1.54) is 17.1 Å². The number of fused-ring (bicyclic) bond motifs is 3. The van der Waals surface area contributed by atoms with E-state index in [2.05, 4.69) is 15.5 Å². The summed E-state index contributed by atoms with van der Waals surface area (Å²) in [5.41, 5.74) is 6.78. The Balaban J connectivity index is 1.62. The molecule has 0 spiro atoms. The van der Waals surface area contributed by atoms with Crippen molar-refractivity contribution in [3.63, 3.8) is 0 Å². The number of benzene rings is 2. The van der Waals surface area contributed by atoms with Crippen LogP contribution in [0.15, 0.2) is 83.9 Å². The number of aromatic nitrogens is 4. The van der Waals surface area contributed by atoms with E-state index in [1.54, 1.807) is 34.8 Å². The third kappa shape index (κ3) is 2.84. The average Bonchev–Trinajstić information content (AvgIpc) is 3.13. The summed E-state index contributed by atoms with van der Waals surface area (Å²) < 4.78 is 2.84. The molecule has 3 aromatic heterocycles. The van der Waals surface area contributed by atoms with Crippen LogP contribution in [0.4, 0.5) is 0 Å². The van der Waals surface area contributed by atoms with E-state index >= 15 is 0 Å². The fourth-order valence-corrected chi connectivity index (χ4v) is 3.57. The van der Waals surface area contributed by atoms with E-state index in [1.807, 2.05) is 43.3 Å². The molecule has 0 atom stereocenters. The summed E-state index contributed by atoms with van der Waals surface area (Å²) in [5.74, 6) is -0.368. The van der Waals surface area contributed by atoms with Crippen LogP contribution in [0, 0.1) is 6.92 Å². The molecule has 0 aliphatic rings. The summed E-state index contributed by atoms with van der Waals surface area (Å²) in [6.45, 7) is 1.92. The van der Waals surface area contributed by atoms with Gasteiger partial charge < -0.3 is 0 Å². The third-order valence-electron chi connectivity index (χ3n) is 5.01. The molecule has 0 saturated carbocycles. The molecule has 5 rings (SSSR count). The van der Waals surface area contributed by atoms with Crippen LogP contribution in [0.2, 0.25) is 0 Å². The minimum absolute atomic E-state index is 0.362. The standard InChI is InChI=1S/C23H17N5O2/c1-15-20(16-8-4-2-5-9-16)21-24-14-18-19(28(21)25-15)12-13-27(23(18)30)26-22(29)17-10-6-3-7-11-17/h2-14H,1H3,(H,26,29). The minimum Gasteiger partial charge on any atom is -0.267 e. The second-order valence-electron chi connectivity index (χ2n) is 6.92. The first-order valence-corrected chi connectivity index (χ1v) is 9.45. The Labute approximate surface area is 171 Å². The van der Waals surface area contributed by atoms with E-state index in [0.717, 1.165) is 16.8 Å². The van der Waals surface area contributed by atoms with Gasteiger partial charge in [-0.2, -0.15) is 5.10 Å². The lowest BCUT2D eigenvalue weighted by Gasteiger charge is -2.09. The lowest BCUT2D eigenvalue weighted by atomic mass is 10.1. The van der Waals surface area contributed by atoms with Crippen molar-refractivity contribution in [3.05, 3.63) is 101 Å². The van der Waals surface area contributed by atoms with Crippen molar-refractivity contribution in [1.29, 1.82) is 0 Å². The number of rotatable bonds is 3. The van der Waals surface area contributed by atoms with Gasteiger partial charge in [-0.1, -0.05) is 48.5 Å². The minimum atomic E-state index is -0.374. The number of carbonyl (C=O) groups excluding carboxylic acids is 1. The van der Waals surface area contributed by atoms with Crippen molar-refractivity contribution >= 4 is 22.5 Å². The molecule has 0 saturated heterocycles. The summed E-state index contributed by atoms with van der Waals surface area (Å²) in [6, 6.07) is 20.4. The normalized spacial score (nSPS) is 11.1. The monoisotopic (exact) mass is 395 g/mol. The number of nitrogens with zero attached hydrogens (tertiary/aromatic N) is 4. The van der Waals surface area contributed by atoms with Crippen molar-refractivity contribution in [2.75, 3.05) is 5.43 Å². The number of aryl methyl sites for hydroxylation is 1. The number of nitrogens with one attached hydrogen (secondary N) is 1. The van der Waals surface area contributed by atoms with Crippen molar-refractivity contribution < 1.29 is 4.79 Å². The molecule has 0 radical (unpaired) electrons. The molecule has 0 fully saturated rings. The van der Waals surface area contributed by atoms with E-state index in [0.29, 0.717) is 22.1 Å². The number of carbonyl (C=O) groups is 1. The van der Waals surface area contributed by atoms with Crippen molar-refractivity contribution in [1.82, 2.24) is 19.3 Å². The second-order valence-corrected chi connectivity index (χ2v) is 6.92. The van der Waals surface area contributed by atoms with E-state index in [-0.39, 0.29) is 11.5 Å². The van der Waals surface area contributed by atoms with Gasteiger partial charge in [0.1, 0.15) is 0 Å². The van der Waals surface area contributed by atoms with Crippen LogP contribution in [0.3, 0.4) is 0 Å². The van der Waals surface area contributed by atoms with Crippen LogP contribution in [0.1, 0.15) is 16.1 Å². The topological polar surface area (TPSA) is 81.3 Å². The molecule has 0 unspecified atom stereocenters. The van der Waals surface area contributed by atoms with Crippen LogP contribution in [-0.4, -0.2) is 25.2 Å². The van der Waals surface area contributed by atoms with Crippen molar-refractivity contribution in [2.24, 2.45) is 0 Å². The maximum atomic E-state index is 13.0. The first-order chi connectivity index (χ1) is 14.6. The number of pyridine rings is 1. The maximum Gasteiger partial charge on any atom is 0.280 e. The molecule has 0 aliphatic carbocycles. The number of hydrogen-bond acceptors (Lipinski definition) is 4. The molecule has 0 bridgehead atoms. The van der Waals surface area contributed by atoms with Gasteiger partial charge in [-0.3, -0.25) is 15.0 Å². The highest BCUT2D eigenvalue weighted by Gasteiger charge is 2.16. The van der Waals surface area contributed by atoms with Gasteiger partial charge in [-0.15, -0.1) is 0 Å². The summed E-state index contributed by atoms with van der Waals surface area (Å²) in [7, 11) is 0. The van der Waals surface area contributed by atoms with Crippen LogP contribution < -0.4 is 11.0 Å². The van der Waals surface area contributed by atoms with E-state index in [4.69, 9.17) is 0 Å². The average molecular weight is 395 g/mol. The fraction of sp³-hybridized carbons (Fsp3) is 0.0435. The van der Waals surface area contributed by atoms with Crippen LogP contribution in [-0.2, 0) is 0 Å². The van der Waals surface area contributed by atoms with Crippen molar-refractivity contribution in [2.45, 2.75) is 6.92 Å². The number of hydrogen-bond donors (Lipinski definition) is 1. The van der Waals surface area contributed by atoms with Crippen LogP contribution >= 0.6 is 0 Å². The van der Waals surface area contributed by atoms with E-state index in [9.17, 15) is 9.59 Å².